The molecule has 0 spiro atoms. The van der Waals surface area contributed by atoms with Crippen molar-refractivity contribution in [2.45, 2.75) is 0 Å². The molecule has 0 bridgehead atoms. The normalized spacial score (nSPS) is 10.9. The number of imidazole rings is 1. The number of anilines is 1. The number of ether oxygens (including phenoxy) is 1. The number of aryl methyl sites for hydroxylation is 2. The molecule has 0 aliphatic heterocycles. The fraction of sp³-hybridized carbons (Fsp3) is 0.174. The van der Waals surface area contributed by atoms with Gasteiger partial charge in [-0.2, -0.15) is 0 Å². The summed E-state index contributed by atoms with van der Waals surface area (Å²) in [6, 6.07) is 10.8. The monoisotopic (exact) mass is 435 g/mol. The SMILES string of the molecule is CNC(=O)c1cn(C)c(-c2nc3cc(NC(=O)c4cccc(F)c4)ccc3n2C)c1OC. The van der Waals surface area contributed by atoms with Gasteiger partial charge in [0, 0.05) is 38.6 Å². The molecule has 4 rings (SSSR count). The fourth-order valence-electron chi connectivity index (χ4n) is 3.69. The van der Waals surface area contributed by atoms with Gasteiger partial charge in [-0.05, 0) is 36.4 Å². The minimum atomic E-state index is -0.477. The molecule has 2 aromatic carbocycles. The van der Waals surface area contributed by atoms with Crippen molar-refractivity contribution in [3.05, 3.63) is 65.6 Å². The third-order valence-electron chi connectivity index (χ3n) is 5.25. The first-order valence-corrected chi connectivity index (χ1v) is 9.83. The van der Waals surface area contributed by atoms with Crippen LogP contribution in [0.15, 0.2) is 48.7 Å². The Bertz CT molecular complexity index is 1360. The first kappa shape index (κ1) is 21.1. The molecule has 4 aromatic rings. The highest BCUT2D eigenvalue weighted by Gasteiger charge is 2.24. The lowest BCUT2D eigenvalue weighted by Gasteiger charge is -2.08. The number of hydrogen-bond acceptors (Lipinski definition) is 4. The Morgan fingerprint density at radius 2 is 1.88 bits per heavy atom. The molecule has 32 heavy (non-hydrogen) atoms. The standard InChI is InChI=1S/C23H22FN5O3/c1-25-23(31)16-12-28(2)19(20(16)32-4)21-27-17-11-15(8-9-18(17)29(21)3)26-22(30)13-6-5-7-14(24)10-13/h5-12H,1-4H3,(H,25,31)(H,26,30). The molecule has 2 aromatic heterocycles. The summed E-state index contributed by atoms with van der Waals surface area (Å²) in [4.78, 5) is 29.4. The van der Waals surface area contributed by atoms with E-state index in [2.05, 4.69) is 10.6 Å². The summed E-state index contributed by atoms with van der Waals surface area (Å²) in [5, 5.41) is 5.38. The van der Waals surface area contributed by atoms with Crippen molar-refractivity contribution in [2.75, 3.05) is 19.5 Å². The van der Waals surface area contributed by atoms with Gasteiger partial charge < -0.3 is 24.5 Å². The van der Waals surface area contributed by atoms with E-state index in [1.54, 1.807) is 36.0 Å². The van der Waals surface area contributed by atoms with Crippen LogP contribution >= 0.6 is 0 Å². The summed E-state index contributed by atoms with van der Waals surface area (Å²) in [5.74, 6) is -0.132. The van der Waals surface area contributed by atoms with Crippen LogP contribution in [-0.2, 0) is 14.1 Å². The Hall–Kier alpha value is -4.14. The van der Waals surface area contributed by atoms with Gasteiger partial charge in [-0.3, -0.25) is 9.59 Å². The predicted octanol–water partition coefficient (Wildman–Crippen LogP) is 3.34. The maximum atomic E-state index is 13.4. The van der Waals surface area contributed by atoms with Crippen LogP contribution in [0.4, 0.5) is 10.1 Å². The molecule has 2 amide bonds. The second-order valence-electron chi connectivity index (χ2n) is 7.28. The smallest absolute Gasteiger partial charge is 0.256 e. The van der Waals surface area contributed by atoms with Crippen molar-refractivity contribution in [3.8, 4) is 17.3 Å². The van der Waals surface area contributed by atoms with E-state index in [4.69, 9.17) is 9.72 Å². The van der Waals surface area contributed by atoms with Crippen molar-refractivity contribution in [2.24, 2.45) is 14.1 Å². The van der Waals surface area contributed by atoms with E-state index in [-0.39, 0.29) is 11.5 Å². The van der Waals surface area contributed by atoms with E-state index in [1.807, 2.05) is 24.7 Å². The van der Waals surface area contributed by atoms with Crippen LogP contribution in [0.2, 0.25) is 0 Å². The van der Waals surface area contributed by atoms with Gasteiger partial charge in [0.1, 0.15) is 11.5 Å². The highest BCUT2D eigenvalue weighted by molar-refractivity contribution is 6.05. The highest BCUT2D eigenvalue weighted by Crippen LogP contribution is 2.35. The molecule has 0 radical (unpaired) electrons. The second kappa shape index (κ2) is 8.18. The van der Waals surface area contributed by atoms with Crippen LogP contribution in [0.5, 0.6) is 5.75 Å². The summed E-state index contributed by atoms with van der Waals surface area (Å²) < 4.78 is 22.6. The Morgan fingerprint density at radius 1 is 1.09 bits per heavy atom. The molecule has 0 unspecified atom stereocenters. The molecule has 0 saturated heterocycles. The van der Waals surface area contributed by atoms with E-state index >= 15 is 0 Å². The van der Waals surface area contributed by atoms with Crippen LogP contribution in [0, 0.1) is 5.82 Å². The van der Waals surface area contributed by atoms with Gasteiger partial charge in [0.15, 0.2) is 11.6 Å². The van der Waals surface area contributed by atoms with E-state index in [0.717, 1.165) is 5.52 Å². The molecule has 164 valence electrons. The largest absolute Gasteiger partial charge is 0.494 e. The molecule has 0 fully saturated rings. The summed E-state index contributed by atoms with van der Waals surface area (Å²) in [5.41, 5.74) is 3.28. The van der Waals surface area contributed by atoms with Crippen LogP contribution in [-0.4, -0.2) is 40.1 Å². The first-order chi connectivity index (χ1) is 15.3. The van der Waals surface area contributed by atoms with Gasteiger partial charge in [-0.1, -0.05) is 6.07 Å². The van der Waals surface area contributed by atoms with Crippen molar-refractivity contribution in [1.82, 2.24) is 19.4 Å². The quantitative estimate of drug-likeness (QED) is 0.503. The zero-order valence-corrected chi connectivity index (χ0v) is 18.1. The number of amides is 2. The molecule has 0 atom stereocenters. The van der Waals surface area contributed by atoms with E-state index < -0.39 is 11.7 Å². The number of carbonyl (C=O) groups excluding carboxylic acids is 2. The molecular formula is C23H22FN5O3. The molecule has 0 aliphatic carbocycles. The maximum Gasteiger partial charge on any atom is 0.256 e. The zero-order chi connectivity index (χ0) is 23.0. The predicted molar refractivity (Wildman–Crippen MR) is 119 cm³/mol. The number of nitrogens with one attached hydrogen (secondary N) is 2. The molecule has 9 heteroatoms. The fourth-order valence-corrected chi connectivity index (χ4v) is 3.69. The van der Waals surface area contributed by atoms with Crippen molar-refractivity contribution in [3.63, 3.8) is 0 Å². The number of carbonyl (C=O) groups is 2. The van der Waals surface area contributed by atoms with Gasteiger partial charge in [0.2, 0.25) is 0 Å². The number of nitrogens with zero attached hydrogens (tertiary/aromatic N) is 3. The van der Waals surface area contributed by atoms with Crippen LogP contribution in [0.25, 0.3) is 22.6 Å². The molecular weight excluding hydrogens is 413 g/mol. The van der Waals surface area contributed by atoms with Gasteiger partial charge in [-0.15, -0.1) is 0 Å². The topological polar surface area (TPSA) is 90.2 Å². The van der Waals surface area contributed by atoms with Gasteiger partial charge in [0.05, 0.1) is 23.7 Å². The summed E-state index contributed by atoms with van der Waals surface area (Å²) >= 11 is 0. The second-order valence-corrected chi connectivity index (χ2v) is 7.28. The number of hydrogen-bond donors (Lipinski definition) is 2. The number of benzene rings is 2. The third kappa shape index (κ3) is 3.58. The van der Waals surface area contributed by atoms with Gasteiger partial charge in [0.25, 0.3) is 11.8 Å². The lowest BCUT2D eigenvalue weighted by atomic mass is 10.2. The Balaban J connectivity index is 1.74. The number of methoxy groups -OCH3 is 1. The van der Waals surface area contributed by atoms with E-state index in [0.29, 0.717) is 34.0 Å². The highest BCUT2D eigenvalue weighted by atomic mass is 19.1. The van der Waals surface area contributed by atoms with Crippen LogP contribution < -0.4 is 15.4 Å². The van der Waals surface area contributed by atoms with Crippen LogP contribution in [0.1, 0.15) is 20.7 Å². The Kier molecular flexibility index (Phi) is 5.40. The Labute approximate surface area is 183 Å². The summed E-state index contributed by atoms with van der Waals surface area (Å²) in [7, 11) is 6.74. The molecule has 0 saturated carbocycles. The lowest BCUT2D eigenvalue weighted by molar-refractivity contribution is 0.0959. The summed E-state index contributed by atoms with van der Waals surface area (Å²) in [6.07, 6.45) is 1.69. The van der Waals surface area contributed by atoms with Crippen LogP contribution in [0.3, 0.4) is 0 Å². The van der Waals surface area contributed by atoms with Crippen molar-refractivity contribution >= 4 is 28.5 Å². The van der Waals surface area contributed by atoms with E-state index in [9.17, 15) is 14.0 Å². The van der Waals surface area contributed by atoms with E-state index in [1.165, 1.54) is 25.3 Å². The first-order valence-electron chi connectivity index (χ1n) is 9.83. The lowest BCUT2D eigenvalue weighted by Crippen LogP contribution is -2.17. The Morgan fingerprint density at radius 3 is 2.56 bits per heavy atom. The number of fused-ring (bicyclic) bond motifs is 1. The zero-order valence-electron chi connectivity index (χ0n) is 18.1. The minimum absolute atomic E-state index is 0.224. The number of halogens is 1. The average molecular weight is 435 g/mol. The maximum absolute atomic E-state index is 13.4. The molecule has 8 nitrogen and oxygen atoms in total. The minimum Gasteiger partial charge on any atom is -0.494 e. The molecule has 2 N–H and O–H groups in total. The van der Waals surface area contributed by atoms with Gasteiger partial charge in [-0.25, -0.2) is 9.37 Å². The van der Waals surface area contributed by atoms with Crippen molar-refractivity contribution < 1.29 is 18.7 Å². The van der Waals surface area contributed by atoms with Crippen molar-refractivity contribution in [1.29, 1.82) is 0 Å². The average Bonchev–Trinajstić information content (AvgIpc) is 3.28. The molecule has 0 aliphatic rings. The van der Waals surface area contributed by atoms with Gasteiger partial charge >= 0.3 is 0 Å². The number of rotatable bonds is 5. The third-order valence-corrected chi connectivity index (χ3v) is 5.25. The summed E-state index contributed by atoms with van der Waals surface area (Å²) in [6.45, 7) is 0. The molecule has 2 heterocycles. The number of aromatic nitrogens is 3.